The molecule has 3 heterocycles. The summed E-state index contributed by atoms with van der Waals surface area (Å²) >= 11 is 0. The van der Waals surface area contributed by atoms with Crippen LogP contribution in [0.1, 0.15) is 42.5 Å². The Bertz CT molecular complexity index is 1270. The van der Waals surface area contributed by atoms with E-state index in [-0.39, 0.29) is 23.7 Å². The van der Waals surface area contributed by atoms with Gasteiger partial charge >= 0.3 is 0 Å². The van der Waals surface area contributed by atoms with Gasteiger partial charge in [0, 0.05) is 48.3 Å². The van der Waals surface area contributed by atoms with E-state index in [0.717, 1.165) is 22.4 Å². The van der Waals surface area contributed by atoms with Gasteiger partial charge in [-0.25, -0.2) is 0 Å². The van der Waals surface area contributed by atoms with Crippen molar-refractivity contribution in [2.24, 2.45) is 5.92 Å². The van der Waals surface area contributed by atoms with Crippen molar-refractivity contribution in [2.45, 2.75) is 32.1 Å². The molecule has 3 aromatic rings. The zero-order valence-electron chi connectivity index (χ0n) is 18.6. The smallest absolute Gasteiger partial charge is 0.232 e. The summed E-state index contributed by atoms with van der Waals surface area (Å²) < 4.78 is 4.94. The topological polar surface area (TPSA) is 90.4 Å². The monoisotopic (exact) mass is 440 g/mol. The van der Waals surface area contributed by atoms with E-state index in [4.69, 9.17) is 9.78 Å². The first-order valence-corrected chi connectivity index (χ1v) is 11.0. The SMILES string of the molecule is CC1(C)CN(C(=O)[C@H]2CC(=O)N(c3cccc(C#N)c3)C2)c2ccc(Cc3cnoc3)cc21. The number of hydrogen-bond acceptors (Lipinski definition) is 5. The largest absolute Gasteiger partial charge is 0.364 e. The van der Waals surface area contributed by atoms with Gasteiger partial charge in [-0.2, -0.15) is 5.26 Å². The van der Waals surface area contributed by atoms with Crippen LogP contribution in [0.25, 0.3) is 0 Å². The van der Waals surface area contributed by atoms with E-state index in [9.17, 15) is 9.59 Å². The molecule has 0 saturated carbocycles. The average Bonchev–Trinajstić information content (AvgIpc) is 3.52. The Morgan fingerprint density at radius 1 is 1.24 bits per heavy atom. The molecule has 0 unspecified atom stereocenters. The number of anilines is 2. The predicted molar refractivity (Wildman–Crippen MR) is 123 cm³/mol. The van der Waals surface area contributed by atoms with Gasteiger partial charge in [-0.3, -0.25) is 9.59 Å². The Kier molecular flexibility index (Phi) is 5.01. The number of rotatable bonds is 4. The first-order chi connectivity index (χ1) is 15.9. The van der Waals surface area contributed by atoms with Gasteiger partial charge in [-0.05, 0) is 35.4 Å². The lowest BCUT2D eigenvalue weighted by atomic mass is 9.85. The van der Waals surface area contributed by atoms with Gasteiger partial charge in [0.05, 0.1) is 23.7 Å². The van der Waals surface area contributed by atoms with E-state index >= 15 is 0 Å². The van der Waals surface area contributed by atoms with E-state index in [2.05, 4.69) is 31.1 Å². The Labute approximate surface area is 192 Å². The fourth-order valence-corrected chi connectivity index (χ4v) is 4.87. The fraction of sp³-hybridized carbons (Fsp3) is 0.308. The van der Waals surface area contributed by atoms with Gasteiger partial charge in [-0.15, -0.1) is 0 Å². The lowest BCUT2D eigenvalue weighted by molar-refractivity contribution is -0.124. The molecule has 2 aliphatic heterocycles. The summed E-state index contributed by atoms with van der Waals surface area (Å²) in [6.45, 7) is 5.18. The van der Waals surface area contributed by atoms with Gasteiger partial charge in [-0.1, -0.05) is 37.2 Å². The van der Waals surface area contributed by atoms with Crippen molar-refractivity contribution in [1.82, 2.24) is 5.16 Å². The highest BCUT2D eigenvalue weighted by Gasteiger charge is 2.43. The van der Waals surface area contributed by atoms with E-state index in [0.29, 0.717) is 30.8 Å². The maximum atomic E-state index is 13.6. The van der Waals surface area contributed by atoms with Gasteiger partial charge in [0.25, 0.3) is 0 Å². The number of hydrogen-bond donors (Lipinski definition) is 0. The zero-order valence-corrected chi connectivity index (χ0v) is 18.6. The van der Waals surface area contributed by atoms with Crippen LogP contribution in [-0.2, 0) is 21.4 Å². The molecular formula is C26H24N4O3. The summed E-state index contributed by atoms with van der Waals surface area (Å²) in [5, 5.41) is 12.9. The number of nitriles is 1. The summed E-state index contributed by atoms with van der Waals surface area (Å²) in [5.74, 6) is -0.534. The Balaban J connectivity index is 1.38. The molecule has 1 aromatic heterocycles. The maximum Gasteiger partial charge on any atom is 0.232 e. The van der Waals surface area contributed by atoms with E-state index < -0.39 is 5.92 Å². The van der Waals surface area contributed by atoms with Gasteiger partial charge in [0.2, 0.25) is 11.8 Å². The first kappa shape index (κ1) is 21.0. The van der Waals surface area contributed by atoms with Crippen LogP contribution < -0.4 is 9.80 Å². The highest BCUT2D eigenvalue weighted by Crippen LogP contribution is 2.42. The quantitative estimate of drug-likeness (QED) is 0.615. The summed E-state index contributed by atoms with van der Waals surface area (Å²) in [6, 6.07) is 15.3. The van der Waals surface area contributed by atoms with Crippen molar-refractivity contribution >= 4 is 23.2 Å². The third kappa shape index (κ3) is 3.78. The van der Waals surface area contributed by atoms with Crippen LogP contribution in [0.15, 0.2) is 59.4 Å². The van der Waals surface area contributed by atoms with Crippen molar-refractivity contribution < 1.29 is 14.1 Å². The number of carbonyl (C=O) groups excluding carboxylic acids is 2. The van der Waals surface area contributed by atoms with Gasteiger partial charge < -0.3 is 14.3 Å². The molecule has 2 amide bonds. The molecule has 0 bridgehead atoms. The number of carbonyl (C=O) groups is 2. The van der Waals surface area contributed by atoms with E-state index in [1.54, 1.807) is 41.6 Å². The Hall–Kier alpha value is -3.92. The maximum absolute atomic E-state index is 13.6. The molecule has 7 heteroatoms. The summed E-state index contributed by atoms with van der Waals surface area (Å²) in [7, 11) is 0. The van der Waals surface area contributed by atoms with Crippen molar-refractivity contribution in [2.75, 3.05) is 22.9 Å². The number of fused-ring (bicyclic) bond motifs is 1. The van der Waals surface area contributed by atoms with Crippen LogP contribution in [-0.4, -0.2) is 30.1 Å². The van der Waals surface area contributed by atoms with E-state index in [1.165, 1.54) is 0 Å². The van der Waals surface area contributed by atoms with Crippen molar-refractivity contribution in [1.29, 1.82) is 5.26 Å². The molecule has 0 N–H and O–H groups in total. The van der Waals surface area contributed by atoms with Crippen LogP contribution in [0.5, 0.6) is 0 Å². The number of aromatic nitrogens is 1. The minimum atomic E-state index is -0.415. The molecule has 2 aromatic carbocycles. The van der Waals surface area contributed by atoms with Crippen LogP contribution in [0.2, 0.25) is 0 Å². The lowest BCUT2D eigenvalue weighted by Crippen LogP contribution is -2.39. The Morgan fingerprint density at radius 3 is 2.85 bits per heavy atom. The third-order valence-electron chi connectivity index (χ3n) is 6.55. The average molecular weight is 441 g/mol. The van der Waals surface area contributed by atoms with Crippen molar-refractivity contribution in [3.05, 3.63) is 77.2 Å². The highest BCUT2D eigenvalue weighted by atomic mass is 16.5. The van der Waals surface area contributed by atoms with Crippen LogP contribution in [0, 0.1) is 17.2 Å². The summed E-state index contributed by atoms with van der Waals surface area (Å²) in [6.07, 6.45) is 4.24. The lowest BCUT2D eigenvalue weighted by Gasteiger charge is -2.23. The molecule has 1 saturated heterocycles. The van der Waals surface area contributed by atoms with Crippen LogP contribution in [0.3, 0.4) is 0 Å². The molecule has 33 heavy (non-hydrogen) atoms. The van der Waals surface area contributed by atoms with Crippen LogP contribution in [0.4, 0.5) is 11.4 Å². The molecule has 1 atom stereocenters. The second-order valence-corrected chi connectivity index (χ2v) is 9.44. The minimum absolute atomic E-state index is 0.0269. The van der Waals surface area contributed by atoms with Gasteiger partial charge in [0.15, 0.2) is 0 Å². The second-order valence-electron chi connectivity index (χ2n) is 9.44. The minimum Gasteiger partial charge on any atom is -0.364 e. The first-order valence-electron chi connectivity index (χ1n) is 11.0. The molecule has 0 radical (unpaired) electrons. The normalized spacial score (nSPS) is 18.9. The molecule has 1 fully saturated rings. The molecule has 166 valence electrons. The third-order valence-corrected chi connectivity index (χ3v) is 6.55. The molecule has 0 spiro atoms. The zero-order chi connectivity index (χ0) is 23.2. The number of amides is 2. The van der Waals surface area contributed by atoms with Gasteiger partial charge in [0.1, 0.15) is 6.26 Å². The molecule has 2 aliphatic rings. The standard InChI is InChI=1S/C26H24N4O3/c1-26(2)16-30(23-7-6-17(10-22(23)26)8-19-13-28-33-15-19)25(32)20-11-24(31)29(14-20)21-5-3-4-18(9-21)12-27/h3-7,9-10,13,15,20H,8,11,14,16H2,1-2H3/t20-/m0/s1. The number of nitrogens with zero attached hydrogens (tertiary/aromatic N) is 4. The highest BCUT2D eigenvalue weighted by molar-refractivity contribution is 6.05. The van der Waals surface area contributed by atoms with E-state index in [1.807, 2.05) is 17.0 Å². The molecule has 0 aliphatic carbocycles. The summed E-state index contributed by atoms with van der Waals surface area (Å²) in [5.41, 5.74) is 5.15. The fourth-order valence-electron chi connectivity index (χ4n) is 4.87. The van der Waals surface area contributed by atoms with Crippen molar-refractivity contribution in [3.8, 4) is 6.07 Å². The summed E-state index contributed by atoms with van der Waals surface area (Å²) in [4.78, 5) is 29.7. The molecule has 7 nitrogen and oxygen atoms in total. The molecular weight excluding hydrogens is 416 g/mol. The predicted octanol–water partition coefficient (Wildman–Crippen LogP) is 3.81. The number of benzene rings is 2. The second kappa shape index (κ2) is 7.89. The molecule has 5 rings (SSSR count). The van der Waals surface area contributed by atoms with Crippen LogP contribution >= 0.6 is 0 Å². The van der Waals surface area contributed by atoms with Crippen molar-refractivity contribution in [3.63, 3.8) is 0 Å². The Morgan fingerprint density at radius 2 is 2.09 bits per heavy atom.